The van der Waals surface area contributed by atoms with Gasteiger partial charge in [0.25, 0.3) is 11.8 Å². The van der Waals surface area contributed by atoms with E-state index in [1.807, 2.05) is 32.9 Å². The predicted molar refractivity (Wildman–Crippen MR) is 147 cm³/mol. The molecule has 2 aromatic rings. The number of anilines is 1. The first-order valence-corrected chi connectivity index (χ1v) is 12.9. The minimum Gasteiger partial charge on any atom is -0.402 e. The number of carbonyl (C=O) groups is 2. The second-order valence-electron chi connectivity index (χ2n) is 9.68. The van der Waals surface area contributed by atoms with Crippen LogP contribution in [0.25, 0.3) is 11.6 Å². The summed E-state index contributed by atoms with van der Waals surface area (Å²) in [4.78, 5) is 33.9. The molecule has 8 heteroatoms. The molecule has 0 bridgehead atoms. The number of nitrogens with zero attached hydrogens (tertiary/aromatic N) is 2. The van der Waals surface area contributed by atoms with Crippen LogP contribution in [0.3, 0.4) is 0 Å². The normalized spacial score (nSPS) is 16.9. The van der Waals surface area contributed by atoms with Crippen molar-refractivity contribution >= 4 is 29.2 Å². The Labute approximate surface area is 217 Å². The van der Waals surface area contributed by atoms with Crippen LogP contribution < -0.4 is 16.0 Å². The summed E-state index contributed by atoms with van der Waals surface area (Å²) < 4.78 is 14.3. The fourth-order valence-corrected chi connectivity index (χ4v) is 5.19. The molecule has 1 aromatic heterocycles. The monoisotopic (exact) mass is 505 g/mol. The van der Waals surface area contributed by atoms with Crippen molar-refractivity contribution in [1.29, 1.82) is 0 Å². The third-order valence-electron chi connectivity index (χ3n) is 7.40. The summed E-state index contributed by atoms with van der Waals surface area (Å²) >= 11 is 0. The van der Waals surface area contributed by atoms with E-state index in [-0.39, 0.29) is 17.9 Å². The van der Waals surface area contributed by atoms with Crippen LogP contribution in [0.5, 0.6) is 0 Å². The lowest BCUT2D eigenvalue weighted by molar-refractivity contribution is -0.113. The summed E-state index contributed by atoms with van der Waals surface area (Å²) in [6.07, 6.45) is 6.14. The number of rotatable bonds is 9. The number of nitrogens with one attached hydrogen (secondary N) is 2. The number of nitrogens with two attached hydrogens (primary N) is 1. The van der Waals surface area contributed by atoms with E-state index in [4.69, 9.17) is 5.73 Å². The molecule has 0 unspecified atom stereocenters. The summed E-state index contributed by atoms with van der Waals surface area (Å²) in [5.74, 6) is -0.775. The van der Waals surface area contributed by atoms with Crippen LogP contribution in [0.15, 0.2) is 41.6 Å². The fraction of sp³-hybridized carbons (Fsp3) is 0.379. The molecule has 7 nitrogen and oxygen atoms in total. The minimum absolute atomic E-state index is 0.152. The Hall–Kier alpha value is -3.65. The van der Waals surface area contributed by atoms with Gasteiger partial charge in [0.2, 0.25) is 0 Å². The van der Waals surface area contributed by atoms with E-state index in [1.165, 1.54) is 12.1 Å². The Kier molecular flexibility index (Phi) is 7.68. The van der Waals surface area contributed by atoms with Gasteiger partial charge in [0.1, 0.15) is 5.82 Å². The van der Waals surface area contributed by atoms with Gasteiger partial charge in [0.05, 0.1) is 22.9 Å². The van der Waals surface area contributed by atoms with Crippen molar-refractivity contribution in [3.05, 3.63) is 75.5 Å². The Balaban J connectivity index is 1.64. The highest BCUT2D eigenvalue weighted by atomic mass is 19.1. The molecule has 1 aliphatic carbocycles. The Morgan fingerprint density at radius 1 is 1.27 bits per heavy atom. The smallest absolute Gasteiger partial charge is 0.259 e. The lowest BCUT2D eigenvalue weighted by Gasteiger charge is -2.26. The van der Waals surface area contributed by atoms with Gasteiger partial charge in [-0.1, -0.05) is 19.9 Å². The van der Waals surface area contributed by atoms with Crippen LogP contribution in [-0.2, 0) is 4.79 Å². The zero-order valence-electron chi connectivity index (χ0n) is 22.2. The minimum atomic E-state index is -0.411. The highest BCUT2D eigenvalue weighted by Gasteiger charge is 2.37. The Bertz CT molecular complexity index is 1320. The van der Waals surface area contributed by atoms with E-state index < -0.39 is 5.82 Å². The number of carbonyl (C=O) groups excluding carboxylic acids is 2. The number of likely N-dealkylation sites (N-methyl/N-ethyl adjacent to an activating group) is 1. The van der Waals surface area contributed by atoms with Crippen LogP contribution >= 0.6 is 0 Å². The average Bonchev–Trinajstić information content (AvgIpc) is 3.50. The van der Waals surface area contributed by atoms with Crippen molar-refractivity contribution < 1.29 is 14.0 Å². The molecule has 1 aliphatic heterocycles. The number of halogens is 1. The van der Waals surface area contributed by atoms with E-state index in [9.17, 15) is 14.0 Å². The molecular formula is C29H36FN5O2. The summed E-state index contributed by atoms with van der Waals surface area (Å²) in [7, 11) is 0. The number of hydrogen-bond donors (Lipinski definition) is 3. The van der Waals surface area contributed by atoms with Crippen LogP contribution in [0, 0.1) is 19.7 Å². The van der Waals surface area contributed by atoms with Gasteiger partial charge < -0.3 is 25.8 Å². The predicted octanol–water partition coefficient (Wildman–Crippen LogP) is 4.29. The third-order valence-corrected chi connectivity index (χ3v) is 7.40. The van der Waals surface area contributed by atoms with E-state index in [1.54, 1.807) is 17.0 Å². The summed E-state index contributed by atoms with van der Waals surface area (Å²) in [5, 5.41) is 3.01. The number of hydrogen-bond acceptors (Lipinski definition) is 4. The Morgan fingerprint density at radius 2 is 2.00 bits per heavy atom. The van der Waals surface area contributed by atoms with E-state index in [0.29, 0.717) is 41.0 Å². The lowest BCUT2D eigenvalue weighted by Crippen LogP contribution is -2.36. The van der Waals surface area contributed by atoms with Gasteiger partial charge >= 0.3 is 0 Å². The van der Waals surface area contributed by atoms with Crippen LogP contribution in [0.1, 0.15) is 60.1 Å². The van der Waals surface area contributed by atoms with E-state index in [2.05, 4.69) is 29.0 Å². The molecule has 37 heavy (non-hydrogen) atoms. The quantitative estimate of drug-likeness (QED) is 0.443. The van der Waals surface area contributed by atoms with Gasteiger partial charge in [0.15, 0.2) is 0 Å². The first-order valence-electron chi connectivity index (χ1n) is 12.9. The molecule has 0 radical (unpaired) electrons. The number of aromatic nitrogens is 1. The zero-order valence-corrected chi connectivity index (χ0v) is 22.2. The molecule has 1 aromatic carbocycles. The maximum atomic E-state index is 14.3. The van der Waals surface area contributed by atoms with Gasteiger partial charge in [0, 0.05) is 42.2 Å². The van der Waals surface area contributed by atoms with E-state index >= 15 is 0 Å². The van der Waals surface area contributed by atoms with E-state index in [0.717, 1.165) is 42.2 Å². The standard InChI is InChI=1S/C29H36FN5O2/c1-6-34(7-2)13-12-32-28(36)27-17(3)25(33-18(27)4)16-24-23-15-21(30)9-11-26(23)35(29(24)37)19(5)20-8-10-22(31)14-20/h8-11,15-16,19,33H,6-7,12-14,31H2,1-5H3,(H,32,36)/b24-16-/t19-/m1/s1. The number of aryl methyl sites for hydroxylation is 1. The Morgan fingerprint density at radius 3 is 2.65 bits per heavy atom. The summed E-state index contributed by atoms with van der Waals surface area (Å²) in [6, 6.07) is 4.18. The van der Waals surface area contributed by atoms with Gasteiger partial charge in [-0.25, -0.2) is 4.39 Å². The summed E-state index contributed by atoms with van der Waals surface area (Å²) in [5.41, 5.74) is 12.0. The molecule has 2 heterocycles. The largest absolute Gasteiger partial charge is 0.402 e. The molecule has 196 valence electrons. The second-order valence-corrected chi connectivity index (χ2v) is 9.68. The molecular weight excluding hydrogens is 469 g/mol. The van der Waals surface area contributed by atoms with Gasteiger partial charge in [-0.3, -0.25) is 9.59 Å². The third kappa shape index (κ3) is 5.11. The average molecular weight is 506 g/mol. The lowest BCUT2D eigenvalue weighted by atomic mass is 10.0. The van der Waals surface area contributed by atoms with Crippen molar-refractivity contribution in [2.24, 2.45) is 5.73 Å². The van der Waals surface area contributed by atoms with Gasteiger partial charge in [-0.2, -0.15) is 0 Å². The van der Waals surface area contributed by atoms with Crippen molar-refractivity contribution in [3.8, 4) is 0 Å². The maximum absolute atomic E-state index is 14.3. The fourth-order valence-electron chi connectivity index (χ4n) is 5.19. The van der Waals surface area contributed by atoms with Crippen molar-refractivity contribution in [1.82, 2.24) is 15.2 Å². The zero-order chi connectivity index (χ0) is 26.9. The van der Waals surface area contributed by atoms with Gasteiger partial charge in [-0.15, -0.1) is 0 Å². The molecule has 1 atom stereocenters. The van der Waals surface area contributed by atoms with Crippen molar-refractivity contribution in [2.75, 3.05) is 31.1 Å². The molecule has 0 saturated heterocycles. The number of H-pyrrole nitrogens is 1. The molecule has 0 spiro atoms. The molecule has 2 aliphatic rings. The molecule has 4 N–H and O–H groups in total. The van der Waals surface area contributed by atoms with Gasteiger partial charge in [-0.05, 0) is 75.3 Å². The molecule has 4 rings (SSSR count). The van der Waals surface area contributed by atoms with Crippen molar-refractivity contribution in [3.63, 3.8) is 0 Å². The molecule has 0 saturated carbocycles. The van der Waals surface area contributed by atoms with Crippen LogP contribution in [0.2, 0.25) is 0 Å². The van der Waals surface area contributed by atoms with Crippen molar-refractivity contribution in [2.45, 2.75) is 47.1 Å². The highest BCUT2D eigenvalue weighted by molar-refractivity contribution is 6.36. The van der Waals surface area contributed by atoms with Crippen LogP contribution in [0.4, 0.5) is 10.1 Å². The number of amides is 2. The number of aromatic amines is 1. The SMILES string of the molecule is CCN(CC)CCNC(=O)c1c(C)[nH]c(/C=C2\C(=O)N([C@H](C)C3=CC=C(N)C3)c3ccc(F)cc32)c1C. The number of fused-ring (bicyclic) bond motifs is 1. The van der Waals surface area contributed by atoms with Crippen LogP contribution in [-0.4, -0.2) is 53.9 Å². The second kappa shape index (κ2) is 10.8. The molecule has 2 amide bonds. The number of allylic oxidation sites excluding steroid dienone is 3. The molecule has 0 fully saturated rings. The number of benzene rings is 1. The first-order chi connectivity index (χ1) is 17.7. The topological polar surface area (TPSA) is 94.5 Å². The summed E-state index contributed by atoms with van der Waals surface area (Å²) in [6.45, 7) is 13.0. The maximum Gasteiger partial charge on any atom is 0.259 e. The first kappa shape index (κ1) is 26.4. The highest BCUT2D eigenvalue weighted by Crippen LogP contribution is 2.41.